The van der Waals surface area contributed by atoms with Gasteiger partial charge in [-0.15, -0.1) is 11.3 Å². The molecule has 0 fully saturated rings. The number of ether oxygens (including phenoxy) is 1. The number of benzene rings is 2. The fourth-order valence-electron chi connectivity index (χ4n) is 2.56. The van der Waals surface area contributed by atoms with Crippen molar-refractivity contribution in [2.24, 2.45) is 0 Å². The molecule has 28 heavy (non-hydrogen) atoms. The number of hydrogen-bond donors (Lipinski definition) is 1. The number of amides is 1. The average molecular weight is 393 g/mol. The minimum Gasteiger partial charge on any atom is -0.456 e. The Morgan fingerprint density at radius 2 is 1.57 bits per heavy atom. The van der Waals surface area contributed by atoms with E-state index in [1.165, 1.54) is 11.3 Å². The molecule has 0 aliphatic rings. The quantitative estimate of drug-likeness (QED) is 0.488. The van der Waals surface area contributed by atoms with Crippen LogP contribution in [0.2, 0.25) is 0 Å². The summed E-state index contributed by atoms with van der Waals surface area (Å²) in [4.78, 5) is 37.4. The maximum Gasteiger partial charge on any atom is 0.325 e. The number of nitrogens with one attached hydrogen (secondary N) is 1. The molecule has 0 aliphatic carbocycles. The standard InChI is InChI=1S/C22H19NO4S/c1-15-7-12-20(28-15)22(26)23-13-21(25)27-14-19(24)18-10-8-17(9-11-18)16-5-3-2-4-6-16/h2-12H,13-14H2,1H3,(H,23,26). The highest BCUT2D eigenvalue weighted by molar-refractivity contribution is 7.13. The van der Waals surface area contributed by atoms with Crippen molar-refractivity contribution in [2.75, 3.05) is 13.2 Å². The Hall–Kier alpha value is -3.25. The highest BCUT2D eigenvalue weighted by atomic mass is 32.1. The molecule has 142 valence electrons. The molecule has 0 spiro atoms. The van der Waals surface area contributed by atoms with Gasteiger partial charge in [0.05, 0.1) is 4.88 Å². The topological polar surface area (TPSA) is 72.5 Å². The van der Waals surface area contributed by atoms with Crippen molar-refractivity contribution in [1.29, 1.82) is 0 Å². The van der Waals surface area contributed by atoms with Gasteiger partial charge in [-0.05, 0) is 30.2 Å². The highest BCUT2D eigenvalue weighted by Crippen LogP contribution is 2.19. The first-order valence-corrected chi connectivity index (χ1v) is 9.53. The number of Topliss-reactive ketones (excluding diaryl/α,β-unsaturated/α-hetero) is 1. The van der Waals surface area contributed by atoms with E-state index in [-0.39, 0.29) is 24.8 Å². The maximum absolute atomic E-state index is 12.2. The third kappa shape index (κ3) is 5.14. The van der Waals surface area contributed by atoms with Gasteiger partial charge in [-0.1, -0.05) is 54.6 Å². The second kappa shape index (κ2) is 9.10. The number of aryl methyl sites for hydroxylation is 1. The van der Waals surface area contributed by atoms with Gasteiger partial charge in [0.2, 0.25) is 0 Å². The van der Waals surface area contributed by atoms with Crippen LogP contribution in [0.25, 0.3) is 11.1 Å². The highest BCUT2D eigenvalue weighted by Gasteiger charge is 2.13. The predicted molar refractivity (Wildman–Crippen MR) is 109 cm³/mol. The van der Waals surface area contributed by atoms with E-state index in [1.807, 2.05) is 55.5 Å². The van der Waals surface area contributed by atoms with Gasteiger partial charge >= 0.3 is 5.97 Å². The van der Waals surface area contributed by atoms with Crippen molar-refractivity contribution in [3.05, 3.63) is 82.0 Å². The predicted octanol–water partition coefficient (Wildman–Crippen LogP) is 3.88. The van der Waals surface area contributed by atoms with Gasteiger partial charge in [-0.3, -0.25) is 14.4 Å². The largest absolute Gasteiger partial charge is 0.456 e. The molecule has 0 aliphatic heterocycles. The van der Waals surface area contributed by atoms with Crippen LogP contribution < -0.4 is 5.32 Å². The second-order valence-corrected chi connectivity index (χ2v) is 7.41. The first-order valence-electron chi connectivity index (χ1n) is 8.72. The van der Waals surface area contributed by atoms with Crippen LogP contribution >= 0.6 is 11.3 Å². The molecule has 0 radical (unpaired) electrons. The molecule has 0 atom stereocenters. The Bertz CT molecular complexity index is 977. The van der Waals surface area contributed by atoms with Crippen molar-refractivity contribution < 1.29 is 19.1 Å². The number of thiophene rings is 1. The lowest BCUT2D eigenvalue weighted by molar-refractivity contribution is -0.141. The van der Waals surface area contributed by atoms with Crippen LogP contribution in [0.4, 0.5) is 0 Å². The SMILES string of the molecule is Cc1ccc(C(=O)NCC(=O)OCC(=O)c2ccc(-c3ccccc3)cc2)s1. The molecule has 6 heteroatoms. The monoisotopic (exact) mass is 393 g/mol. The molecule has 2 aromatic carbocycles. The molecule has 0 saturated carbocycles. The van der Waals surface area contributed by atoms with Crippen molar-refractivity contribution in [3.8, 4) is 11.1 Å². The van der Waals surface area contributed by atoms with Crippen molar-refractivity contribution >= 4 is 29.0 Å². The zero-order valence-electron chi connectivity index (χ0n) is 15.3. The molecule has 3 rings (SSSR count). The molecule has 1 amide bonds. The zero-order chi connectivity index (χ0) is 19.9. The summed E-state index contributed by atoms with van der Waals surface area (Å²) in [5.41, 5.74) is 2.52. The van der Waals surface area contributed by atoms with E-state index in [9.17, 15) is 14.4 Å². The van der Waals surface area contributed by atoms with Gasteiger partial charge in [-0.25, -0.2) is 0 Å². The summed E-state index contributed by atoms with van der Waals surface area (Å²) < 4.78 is 4.96. The van der Waals surface area contributed by atoms with E-state index in [4.69, 9.17) is 4.74 Å². The fourth-order valence-corrected chi connectivity index (χ4v) is 3.34. The summed E-state index contributed by atoms with van der Waals surface area (Å²) in [6.45, 7) is 1.25. The van der Waals surface area contributed by atoms with E-state index < -0.39 is 5.97 Å². The van der Waals surface area contributed by atoms with Crippen LogP contribution in [0.5, 0.6) is 0 Å². The number of esters is 1. The fraction of sp³-hybridized carbons (Fsp3) is 0.136. The summed E-state index contributed by atoms with van der Waals surface area (Å²) in [5.74, 6) is -1.29. The van der Waals surface area contributed by atoms with E-state index in [2.05, 4.69) is 5.32 Å². The van der Waals surface area contributed by atoms with Crippen LogP contribution in [0, 0.1) is 6.92 Å². The van der Waals surface area contributed by atoms with Gasteiger partial charge in [0, 0.05) is 10.4 Å². The molecule has 1 heterocycles. The lowest BCUT2D eigenvalue weighted by atomic mass is 10.0. The molecule has 0 bridgehead atoms. The van der Waals surface area contributed by atoms with Gasteiger partial charge in [0.1, 0.15) is 6.54 Å². The molecule has 0 saturated heterocycles. The van der Waals surface area contributed by atoms with E-state index in [1.54, 1.807) is 18.2 Å². The third-order valence-corrected chi connectivity index (χ3v) is 5.04. The first kappa shape index (κ1) is 19.5. The van der Waals surface area contributed by atoms with Crippen LogP contribution in [-0.2, 0) is 9.53 Å². The summed E-state index contributed by atoms with van der Waals surface area (Å²) in [5, 5.41) is 2.49. The lowest BCUT2D eigenvalue weighted by Gasteiger charge is -2.06. The Labute approximate surface area is 167 Å². The van der Waals surface area contributed by atoms with E-state index in [0.29, 0.717) is 10.4 Å². The smallest absolute Gasteiger partial charge is 0.325 e. The Balaban J connectivity index is 1.47. The summed E-state index contributed by atoms with van der Waals surface area (Å²) in [7, 11) is 0. The number of carbonyl (C=O) groups excluding carboxylic acids is 3. The van der Waals surface area contributed by atoms with E-state index >= 15 is 0 Å². The minimum absolute atomic E-state index is 0.282. The molecule has 1 aromatic heterocycles. The summed E-state index contributed by atoms with van der Waals surface area (Å²) >= 11 is 1.34. The number of hydrogen-bond acceptors (Lipinski definition) is 5. The lowest BCUT2D eigenvalue weighted by Crippen LogP contribution is -2.31. The number of rotatable bonds is 7. The van der Waals surface area contributed by atoms with Gasteiger partial charge in [0.25, 0.3) is 5.91 Å². The van der Waals surface area contributed by atoms with Crippen LogP contribution in [0.1, 0.15) is 24.9 Å². The Kier molecular flexibility index (Phi) is 6.34. The average Bonchev–Trinajstić information content (AvgIpc) is 3.17. The maximum atomic E-state index is 12.2. The summed E-state index contributed by atoms with van der Waals surface area (Å²) in [6, 6.07) is 20.5. The number of ketones is 1. The Morgan fingerprint density at radius 3 is 2.21 bits per heavy atom. The van der Waals surface area contributed by atoms with Crippen molar-refractivity contribution in [2.45, 2.75) is 6.92 Å². The minimum atomic E-state index is -0.657. The molecule has 0 unspecified atom stereocenters. The zero-order valence-corrected chi connectivity index (χ0v) is 16.1. The van der Waals surface area contributed by atoms with Crippen LogP contribution in [0.3, 0.4) is 0 Å². The third-order valence-electron chi connectivity index (χ3n) is 4.04. The van der Waals surface area contributed by atoms with Crippen LogP contribution in [-0.4, -0.2) is 30.8 Å². The Morgan fingerprint density at radius 1 is 0.893 bits per heavy atom. The van der Waals surface area contributed by atoms with Crippen molar-refractivity contribution in [3.63, 3.8) is 0 Å². The van der Waals surface area contributed by atoms with Gasteiger partial charge in [-0.2, -0.15) is 0 Å². The van der Waals surface area contributed by atoms with E-state index in [0.717, 1.165) is 16.0 Å². The number of carbonyl (C=O) groups is 3. The molecular formula is C22H19NO4S. The first-order chi connectivity index (χ1) is 13.5. The van der Waals surface area contributed by atoms with Crippen LogP contribution in [0.15, 0.2) is 66.7 Å². The second-order valence-electron chi connectivity index (χ2n) is 6.12. The summed E-state index contributed by atoms with van der Waals surface area (Å²) in [6.07, 6.45) is 0. The molecule has 1 N–H and O–H groups in total. The molecule has 5 nitrogen and oxygen atoms in total. The molecule has 3 aromatic rings. The molecular weight excluding hydrogens is 374 g/mol. The van der Waals surface area contributed by atoms with Crippen molar-refractivity contribution in [1.82, 2.24) is 5.32 Å². The van der Waals surface area contributed by atoms with Gasteiger partial charge in [0.15, 0.2) is 12.4 Å². The van der Waals surface area contributed by atoms with Gasteiger partial charge < -0.3 is 10.1 Å². The normalized spacial score (nSPS) is 10.3.